The number of anilines is 2. The van der Waals surface area contributed by atoms with Crippen molar-refractivity contribution in [2.75, 3.05) is 17.7 Å². The fourth-order valence-electron chi connectivity index (χ4n) is 2.51. The summed E-state index contributed by atoms with van der Waals surface area (Å²) in [6, 6.07) is 8.53. The first kappa shape index (κ1) is 17.9. The number of para-hydroxylation sites is 2. The molecule has 0 fully saturated rings. The van der Waals surface area contributed by atoms with Crippen LogP contribution in [0, 0.1) is 0 Å². The molecule has 7 nitrogen and oxygen atoms in total. The molecule has 0 bridgehead atoms. The Morgan fingerprint density at radius 1 is 1.35 bits per heavy atom. The van der Waals surface area contributed by atoms with Crippen molar-refractivity contribution in [2.45, 2.75) is 25.9 Å². The second-order valence-electron chi connectivity index (χ2n) is 5.84. The number of amides is 2. The minimum Gasteiger partial charge on any atom is -0.466 e. The van der Waals surface area contributed by atoms with Gasteiger partial charge in [-0.15, -0.1) is 11.3 Å². The van der Waals surface area contributed by atoms with Gasteiger partial charge in [0.05, 0.1) is 18.4 Å². The summed E-state index contributed by atoms with van der Waals surface area (Å²) in [6.45, 7) is 3.33. The van der Waals surface area contributed by atoms with E-state index in [9.17, 15) is 14.4 Å². The van der Waals surface area contributed by atoms with Gasteiger partial charge in [-0.05, 0) is 31.5 Å². The van der Waals surface area contributed by atoms with Crippen molar-refractivity contribution >= 4 is 39.8 Å². The van der Waals surface area contributed by atoms with Crippen molar-refractivity contribution < 1.29 is 23.9 Å². The fourth-order valence-corrected chi connectivity index (χ4v) is 3.49. The summed E-state index contributed by atoms with van der Waals surface area (Å²) in [6.07, 6.45) is 0.701. The number of nitrogens with one attached hydrogen (secondary N) is 2. The number of fused-ring (bicyclic) bond motifs is 1. The SMILES string of the molecule is CCc1cc(C(=O)OC)c(NC(=O)C2(C)Oc3ccccc3NC2=O)s1. The summed E-state index contributed by atoms with van der Waals surface area (Å²) in [7, 11) is 1.27. The van der Waals surface area contributed by atoms with Gasteiger partial charge in [0.2, 0.25) is 0 Å². The molecule has 1 aromatic carbocycles. The van der Waals surface area contributed by atoms with Crippen LogP contribution in [-0.4, -0.2) is 30.5 Å². The number of hydrogen-bond acceptors (Lipinski definition) is 6. The standard InChI is InChI=1S/C18H18N2O5S/c1-4-10-9-11(15(21)24-3)14(26-10)20-17(23)18(2)16(22)19-12-7-5-6-8-13(12)25-18/h5-9H,4H2,1-3H3,(H,19,22)(H,20,23). The highest BCUT2D eigenvalue weighted by molar-refractivity contribution is 7.16. The number of thiophene rings is 1. The van der Waals surface area contributed by atoms with E-state index in [-0.39, 0.29) is 5.56 Å². The number of esters is 1. The number of aryl methyl sites for hydroxylation is 1. The van der Waals surface area contributed by atoms with Gasteiger partial charge in [-0.3, -0.25) is 9.59 Å². The van der Waals surface area contributed by atoms with Gasteiger partial charge < -0.3 is 20.1 Å². The van der Waals surface area contributed by atoms with E-state index < -0.39 is 23.4 Å². The van der Waals surface area contributed by atoms with Gasteiger partial charge in [-0.1, -0.05) is 19.1 Å². The van der Waals surface area contributed by atoms with Crippen LogP contribution in [0.2, 0.25) is 0 Å². The highest BCUT2D eigenvalue weighted by Gasteiger charge is 2.47. The first-order valence-electron chi connectivity index (χ1n) is 8.01. The molecule has 0 radical (unpaired) electrons. The van der Waals surface area contributed by atoms with Crippen LogP contribution in [-0.2, 0) is 20.7 Å². The third-order valence-corrected chi connectivity index (χ3v) is 5.27. The van der Waals surface area contributed by atoms with Crippen molar-refractivity contribution in [2.24, 2.45) is 0 Å². The number of carbonyl (C=O) groups excluding carboxylic acids is 3. The first-order valence-corrected chi connectivity index (χ1v) is 8.82. The first-order chi connectivity index (χ1) is 12.4. The molecule has 1 aliphatic rings. The van der Waals surface area contributed by atoms with Gasteiger partial charge in [-0.25, -0.2) is 4.79 Å². The Bertz CT molecular complexity index is 891. The number of ether oxygens (including phenoxy) is 2. The minimum atomic E-state index is -1.77. The summed E-state index contributed by atoms with van der Waals surface area (Å²) in [4.78, 5) is 38.1. The van der Waals surface area contributed by atoms with E-state index in [0.717, 1.165) is 4.88 Å². The summed E-state index contributed by atoms with van der Waals surface area (Å²) in [5, 5.41) is 5.64. The van der Waals surface area contributed by atoms with E-state index in [1.807, 2.05) is 6.92 Å². The molecule has 8 heteroatoms. The van der Waals surface area contributed by atoms with Crippen LogP contribution in [0.15, 0.2) is 30.3 Å². The van der Waals surface area contributed by atoms with Gasteiger partial charge in [0.15, 0.2) is 0 Å². The predicted octanol–water partition coefficient (Wildman–Crippen LogP) is 2.83. The summed E-state index contributed by atoms with van der Waals surface area (Å²) in [5.41, 5.74) is -1.01. The number of hydrogen-bond donors (Lipinski definition) is 2. The Hall–Kier alpha value is -2.87. The molecule has 26 heavy (non-hydrogen) atoms. The Morgan fingerprint density at radius 2 is 2.08 bits per heavy atom. The molecule has 1 atom stereocenters. The van der Waals surface area contributed by atoms with Gasteiger partial charge in [0.1, 0.15) is 10.8 Å². The molecule has 1 unspecified atom stereocenters. The number of carbonyl (C=O) groups is 3. The maximum Gasteiger partial charge on any atom is 0.340 e. The Kier molecular flexibility index (Phi) is 4.69. The average molecular weight is 374 g/mol. The zero-order valence-corrected chi connectivity index (χ0v) is 15.4. The molecule has 1 aliphatic heterocycles. The third kappa shape index (κ3) is 3.03. The molecule has 3 rings (SSSR count). The molecule has 2 aromatic rings. The van der Waals surface area contributed by atoms with Crippen LogP contribution in [0.5, 0.6) is 5.75 Å². The van der Waals surface area contributed by atoms with Crippen molar-refractivity contribution in [1.29, 1.82) is 0 Å². The molecule has 2 heterocycles. The number of methoxy groups -OCH3 is 1. The Labute approximate surface area is 154 Å². The normalized spacial score (nSPS) is 18.3. The monoisotopic (exact) mass is 374 g/mol. The fraction of sp³-hybridized carbons (Fsp3) is 0.278. The van der Waals surface area contributed by atoms with Crippen molar-refractivity contribution in [3.63, 3.8) is 0 Å². The van der Waals surface area contributed by atoms with Crippen LogP contribution >= 0.6 is 11.3 Å². The number of rotatable bonds is 4. The zero-order valence-electron chi connectivity index (χ0n) is 14.5. The lowest BCUT2D eigenvalue weighted by Crippen LogP contribution is -2.56. The van der Waals surface area contributed by atoms with Gasteiger partial charge in [0.25, 0.3) is 17.4 Å². The van der Waals surface area contributed by atoms with Crippen LogP contribution in [0.25, 0.3) is 0 Å². The summed E-state index contributed by atoms with van der Waals surface area (Å²) in [5.74, 6) is -1.40. The molecule has 0 saturated heterocycles. The molecule has 2 N–H and O–H groups in total. The van der Waals surface area contributed by atoms with Gasteiger partial charge in [0, 0.05) is 4.88 Å². The van der Waals surface area contributed by atoms with Crippen molar-refractivity contribution in [1.82, 2.24) is 0 Å². The maximum absolute atomic E-state index is 12.8. The van der Waals surface area contributed by atoms with E-state index in [2.05, 4.69) is 10.6 Å². The smallest absolute Gasteiger partial charge is 0.340 e. The summed E-state index contributed by atoms with van der Waals surface area (Å²) >= 11 is 1.26. The molecular weight excluding hydrogens is 356 g/mol. The minimum absolute atomic E-state index is 0.253. The van der Waals surface area contributed by atoms with Crippen LogP contribution in [0.1, 0.15) is 29.1 Å². The second kappa shape index (κ2) is 6.80. The molecule has 136 valence electrons. The highest BCUT2D eigenvalue weighted by Crippen LogP contribution is 2.35. The molecule has 1 aromatic heterocycles. The van der Waals surface area contributed by atoms with E-state index in [4.69, 9.17) is 9.47 Å². The molecule has 0 aliphatic carbocycles. The largest absolute Gasteiger partial charge is 0.466 e. The molecule has 0 saturated carbocycles. The summed E-state index contributed by atoms with van der Waals surface area (Å²) < 4.78 is 10.5. The Morgan fingerprint density at radius 3 is 2.77 bits per heavy atom. The quantitative estimate of drug-likeness (QED) is 0.634. The van der Waals surface area contributed by atoms with Crippen LogP contribution in [0.4, 0.5) is 10.7 Å². The van der Waals surface area contributed by atoms with E-state index in [0.29, 0.717) is 22.9 Å². The van der Waals surface area contributed by atoms with Gasteiger partial charge >= 0.3 is 5.97 Å². The lowest BCUT2D eigenvalue weighted by Gasteiger charge is -2.33. The van der Waals surface area contributed by atoms with E-state index in [1.165, 1.54) is 25.4 Å². The number of benzene rings is 1. The van der Waals surface area contributed by atoms with Crippen molar-refractivity contribution in [3.8, 4) is 5.75 Å². The lowest BCUT2D eigenvalue weighted by molar-refractivity contribution is -0.143. The topological polar surface area (TPSA) is 93.7 Å². The average Bonchev–Trinajstić information content (AvgIpc) is 3.05. The molecule has 0 spiro atoms. The maximum atomic E-state index is 12.8. The molecule has 2 amide bonds. The Balaban J connectivity index is 1.90. The second-order valence-corrected chi connectivity index (χ2v) is 6.98. The van der Waals surface area contributed by atoms with Crippen LogP contribution < -0.4 is 15.4 Å². The zero-order chi connectivity index (χ0) is 18.9. The van der Waals surface area contributed by atoms with E-state index >= 15 is 0 Å². The van der Waals surface area contributed by atoms with Crippen LogP contribution in [0.3, 0.4) is 0 Å². The van der Waals surface area contributed by atoms with Crippen molar-refractivity contribution in [3.05, 3.63) is 40.8 Å². The predicted molar refractivity (Wildman–Crippen MR) is 97.8 cm³/mol. The third-order valence-electron chi connectivity index (χ3n) is 4.08. The highest BCUT2D eigenvalue weighted by atomic mass is 32.1. The lowest BCUT2D eigenvalue weighted by atomic mass is 10.0. The van der Waals surface area contributed by atoms with E-state index in [1.54, 1.807) is 30.3 Å². The molecular formula is C18H18N2O5S. The van der Waals surface area contributed by atoms with Gasteiger partial charge in [-0.2, -0.15) is 0 Å².